The van der Waals surface area contributed by atoms with Crippen molar-refractivity contribution in [3.05, 3.63) is 64.3 Å². The van der Waals surface area contributed by atoms with Crippen LogP contribution in [0.1, 0.15) is 29.0 Å². The summed E-state index contributed by atoms with van der Waals surface area (Å²) in [5, 5.41) is 16.2. The number of nitrogens with one attached hydrogen (secondary N) is 1. The van der Waals surface area contributed by atoms with Crippen molar-refractivity contribution < 1.29 is 9.21 Å². The van der Waals surface area contributed by atoms with Gasteiger partial charge in [-0.2, -0.15) is 4.52 Å². The van der Waals surface area contributed by atoms with Gasteiger partial charge in [0.1, 0.15) is 17.0 Å². The fourth-order valence-electron chi connectivity index (χ4n) is 3.52. The number of carbonyl (C=O) groups is 1. The van der Waals surface area contributed by atoms with Crippen molar-refractivity contribution in [3.63, 3.8) is 0 Å². The molecule has 0 aliphatic carbocycles. The Hall–Kier alpha value is -3.75. The van der Waals surface area contributed by atoms with Gasteiger partial charge in [-0.05, 0) is 37.1 Å². The SMILES string of the molecule is O=C(NCc1nnc2ccc(N3CCCC3)nn12)c1cc2ccccc2oc1=O. The summed E-state index contributed by atoms with van der Waals surface area (Å²) in [6.45, 7) is 2.04. The molecule has 0 spiro atoms. The molecule has 1 aromatic carbocycles. The van der Waals surface area contributed by atoms with E-state index in [0.717, 1.165) is 31.7 Å². The zero-order chi connectivity index (χ0) is 19.8. The number of aromatic nitrogens is 4. The van der Waals surface area contributed by atoms with E-state index in [1.807, 2.05) is 18.2 Å². The summed E-state index contributed by atoms with van der Waals surface area (Å²) in [7, 11) is 0. The minimum absolute atomic E-state index is 0.0526. The lowest BCUT2D eigenvalue weighted by Crippen LogP contribution is -2.29. The lowest BCUT2D eigenvalue weighted by Gasteiger charge is -2.15. The summed E-state index contributed by atoms with van der Waals surface area (Å²) in [6.07, 6.45) is 2.30. The van der Waals surface area contributed by atoms with E-state index in [-0.39, 0.29) is 12.1 Å². The first-order valence-corrected chi connectivity index (χ1v) is 9.46. The molecule has 1 fully saturated rings. The fourth-order valence-corrected chi connectivity index (χ4v) is 3.52. The minimum atomic E-state index is -0.679. The number of para-hydroxylation sites is 1. The Balaban J connectivity index is 1.39. The Morgan fingerprint density at radius 3 is 2.79 bits per heavy atom. The van der Waals surface area contributed by atoms with Crippen LogP contribution in [0.5, 0.6) is 0 Å². The standard InChI is InChI=1S/C20H18N6O3/c27-19(14-11-13-5-1-2-6-15(13)29-20(14)28)21-12-18-23-22-16-7-8-17(24-26(16)18)25-9-3-4-10-25/h1-2,5-8,11H,3-4,9-10,12H2,(H,21,27). The number of nitrogens with zero attached hydrogens (tertiary/aromatic N) is 5. The number of carbonyl (C=O) groups excluding carboxylic acids is 1. The van der Waals surface area contributed by atoms with Gasteiger partial charge in [-0.1, -0.05) is 18.2 Å². The third kappa shape index (κ3) is 3.20. The third-order valence-electron chi connectivity index (χ3n) is 5.04. The van der Waals surface area contributed by atoms with Crippen molar-refractivity contribution in [1.29, 1.82) is 0 Å². The van der Waals surface area contributed by atoms with Crippen molar-refractivity contribution in [2.45, 2.75) is 19.4 Å². The van der Waals surface area contributed by atoms with Gasteiger partial charge in [-0.3, -0.25) is 4.79 Å². The van der Waals surface area contributed by atoms with Crippen LogP contribution < -0.4 is 15.8 Å². The Bertz CT molecular complexity index is 1270. The van der Waals surface area contributed by atoms with Gasteiger partial charge < -0.3 is 14.6 Å². The molecule has 0 bridgehead atoms. The molecule has 1 saturated heterocycles. The molecule has 3 aromatic heterocycles. The van der Waals surface area contributed by atoms with Crippen LogP contribution in [0.2, 0.25) is 0 Å². The molecule has 1 amide bonds. The van der Waals surface area contributed by atoms with E-state index in [2.05, 4.69) is 25.5 Å². The molecule has 1 aliphatic heterocycles. The van der Waals surface area contributed by atoms with E-state index in [0.29, 0.717) is 22.4 Å². The van der Waals surface area contributed by atoms with Crippen LogP contribution in [0.25, 0.3) is 16.6 Å². The highest BCUT2D eigenvalue weighted by atomic mass is 16.4. The highest BCUT2D eigenvalue weighted by Crippen LogP contribution is 2.18. The molecule has 9 heteroatoms. The molecule has 4 aromatic rings. The summed E-state index contributed by atoms with van der Waals surface area (Å²) in [4.78, 5) is 26.9. The van der Waals surface area contributed by atoms with Gasteiger partial charge in [0.05, 0.1) is 6.54 Å². The molecule has 0 unspecified atom stereocenters. The van der Waals surface area contributed by atoms with Crippen LogP contribution in [0.3, 0.4) is 0 Å². The predicted octanol–water partition coefficient (Wildman–Crippen LogP) is 1.76. The van der Waals surface area contributed by atoms with Crippen molar-refractivity contribution in [2.75, 3.05) is 18.0 Å². The highest BCUT2D eigenvalue weighted by Gasteiger charge is 2.17. The topological polar surface area (TPSA) is 106 Å². The fraction of sp³-hybridized carbons (Fsp3) is 0.250. The molecule has 29 heavy (non-hydrogen) atoms. The smallest absolute Gasteiger partial charge is 0.349 e. The zero-order valence-electron chi connectivity index (χ0n) is 15.5. The Morgan fingerprint density at radius 2 is 1.93 bits per heavy atom. The van der Waals surface area contributed by atoms with Crippen molar-refractivity contribution >= 4 is 28.3 Å². The second-order valence-electron chi connectivity index (χ2n) is 6.94. The average Bonchev–Trinajstić information content (AvgIpc) is 3.41. The Labute approximate surface area is 165 Å². The quantitative estimate of drug-likeness (QED) is 0.529. The molecule has 9 nitrogen and oxygen atoms in total. The van der Waals surface area contributed by atoms with Crippen LogP contribution in [0.4, 0.5) is 5.82 Å². The van der Waals surface area contributed by atoms with Crippen LogP contribution in [-0.2, 0) is 6.54 Å². The summed E-state index contributed by atoms with van der Waals surface area (Å²) in [6, 6.07) is 12.4. The molecule has 0 radical (unpaired) electrons. The van der Waals surface area contributed by atoms with Crippen LogP contribution in [0, 0.1) is 0 Å². The second kappa shape index (κ2) is 7.01. The lowest BCUT2D eigenvalue weighted by molar-refractivity contribution is 0.0946. The summed E-state index contributed by atoms with van der Waals surface area (Å²) in [5.74, 6) is 0.814. The summed E-state index contributed by atoms with van der Waals surface area (Å²) >= 11 is 0. The molecule has 1 N–H and O–H groups in total. The Kier molecular flexibility index (Phi) is 4.19. The molecular formula is C20H18N6O3. The van der Waals surface area contributed by atoms with Gasteiger partial charge in [0.2, 0.25) is 0 Å². The summed E-state index contributed by atoms with van der Waals surface area (Å²) in [5.41, 5.74) is 0.309. The number of benzene rings is 1. The number of amides is 1. The number of anilines is 1. The number of rotatable bonds is 4. The maximum absolute atomic E-state index is 12.6. The average molecular weight is 390 g/mol. The monoisotopic (exact) mass is 390 g/mol. The van der Waals surface area contributed by atoms with Crippen molar-refractivity contribution in [1.82, 2.24) is 25.1 Å². The van der Waals surface area contributed by atoms with Crippen molar-refractivity contribution in [3.8, 4) is 0 Å². The van der Waals surface area contributed by atoms with Gasteiger partial charge in [0.25, 0.3) is 5.91 Å². The second-order valence-corrected chi connectivity index (χ2v) is 6.94. The van der Waals surface area contributed by atoms with E-state index < -0.39 is 11.5 Å². The van der Waals surface area contributed by atoms with E-state index in [1.54, 1.807) is 22.7 Å². The molecule has 1 aliphatic rings. The highest BCUT2D eigenvalue weighted by molar-refractivity contribution is 5.96. The first-order valence-electron chi connectivity index (χ1n) is 9.46. The number of fused-ring (bicyclic) bond motifs is 2. The lowest BCUT2D eigenvalue weighted by atomic mass is 10.2. The maximum atomic E-state index is 12.6. The summed E-state index contributed by atoms with van der Waals surface area (Å²) < 4.78 is 6.85. The van der Waals surface area contributed by atoms with Crippen LogP contribution >= 0.6 is 0 Å². The number of hydrogen-bond donors (Lipinski definition) is 1. The van der Waals surface area contributed by atoms with Crippen LogP contribution in [-0.4, -0.2) is 38.8 Å². The van der Waals surface area contributed by atoms with E-state index >= 15 is 0 Å². The van der Waals surface area contributed by atoms with Crippen molar-refractivity contribution in [2.24, 2.45) is 0 Å². The number of hydrogen-bond acceptors (Lipinski definition) is 7. The van der Waals surface area contributed by atoms with E-state index in [9.17, 15) is 9.59 Å². The zero-order valence-corrected chi connectivity index (χ0v) is 15.5. The maximum Gasteiger partial charge on any atom is 0.349 e. The van der Waals surface area contributed by atoms with Gasteiger partial charge in [0.15, 0.2) is 11.5 Å². The molecule has 4 heterocycles. The van der Waals surface area contributed by atoms with Gasteiger partial charge in [0, 0.05) is 18.5 Å². The molecular weight excluding hydrogens is 372 g/mol. The largest absolute Gasteiger partial charge is 0.422 e. The van der Waals surface area contributed by atoms with E-state index in [4.69, 9.17) is 4.42 Å². The predicted molar refractivity (Wildman–Crippen MR) is 106 cm³/mol. The van der Waals surface area contributed by atoms with Crippen LogP contribution in [0.15, 0.2) is 51.7 Å². The normalized spacial score (nSPS) is 14.0. The van der Waals surface area contributed by atoms with E-state index in [1.165, 1.54) is 6.07 Å². The first kappa shape index (κ1) is 17.4. The molecule has 146 valence electrons. The first-order chi connectivity index (χ1) is 14.2. The minimum Gasteiger partial charge on any atom is -0.422 e. The molecule has 0 saturated carbocycles. The van der Waals surface area contributed by atoms with Gasteiger partial charge >= 0.3 is 5.63 Å². The third-order valence-corrected chi connectivity index (χ3v) is 5.04. The van der Waals surface area contributed by atoms with Gasteiger partial charge in [-0.25, -0.2) is 4.79 Å². The van der Waals surface area contributed by atoms with Gasteiger partial charge in [-0.15, -0.1) is 15.3 Å². The molecule has 5 rings (SSSR count). The Morgan fingerprint density at radius 1 is 1.10 bits per heavy atom. The molecule has 0 atom stereocenters.